The highest BCUT2D eigenvalue weighted by atomic mass is 35.5. The Balaban J connectivity index is 2.15. The van der Waals surface area contributed by atoms with Crippen LogP contribution in [0.15, 0.2) is 23.1 Å². The van der Waals surface area contributed by atoms with Gasteiger partial charge in [0.1, 0.15) is 0 Å². The average molecular weight is 332 g/mol. The normalized spacial score (nSPS) is 18.0. The standard InChI is InChI=1S/C15H22ClNO3S/c1-2-15(7-3-4-8-15)11-17-21(19,20)13-5-6-14(16)12(9-13)10-18/h5-6,9,17-18H,2-4,7-8,10-11H2,1H3. The zero-order valence-corrected chi connectivity index (χ0v) is 13.8. The number of benzene rings is 1. The lowest BCUT2D eigenvalue weighted by molar-refractivity contribution is 0.281. The van der Waals surface area contributed by atoms with Crippen molar-refractivity contribution in [2.45, 2.75) is 50.5 Å². The first-order valence-corrected chi connectivity index (χ1v) is 9.17. The number of sulfonamides is 1. The summed E-state index contributed by atoms with van der Waals surface area (Å²) in [6.45, 7) is 2.32. The molecular weight excluding hydrogens is 310 g/mol. The van der Waals surface area contributed by atoms with Crippen molar-refractivity contribution in [1.82, 2.24) is 4.72 Å². The molecule has 1 fully saturated rings. The molecule has 1 aliphatic rings. The van der Waals surface area contributed by atoms with E-state index in [4.69, 9.17) is 11.6 Å². The largest absolute Gasteiger partial charge is 0.392 e. The first-order chi connectivity index (χ1) is 9.92. The summed E-state index contributed by atoms with van der Waals surface area (Å²) in [4.78, 5) is 0.153. The van der Waals surface area contributed by atoms with Crippen LogP contribution in [-0.2, 0) is 16.6 Å². The summed E-state index contributed by atoms with van der Waals surface area (Å²) in [7, 11) is -3.57. The van der Waals surface area contributed by atoms with Gasteiger partial charge in [0.05, 0.1) is 11.5 Å². The van der Waals surface area contributed by atoms with E-state index in [-0.39, 0.29) is 16.9 Å². The van der Waals surface area contributed by atoms with Gasteiger partial charge >= 0.3 is 0 Å². The third-order valence-corrected chi connectivity index (χ3v) is 6.32. The van der Waals surface area contributed by atoms with E-state index in [0.717, 1.165) is 19.3 Å². The molecule has 0 bridgehead atoms. The van der Waals surface area contributed by atoms with E-state index < -0.39 is 10.0 Å². The van der Waals surface area contributed by atoms with Gasteiger partial charge in [-0.2, -0.15) is 0 Å². The molecule has 0 saturated heterocycles. The fourth-order valence-electron chi connectivity index (χ4n) is 2.95. The summed E-state index contributed by atoms with van der Waals surface area (Å²) >= 11 is 5.90. The van der Waals surface area contributed by atoms with Gasteiger partial charge in [0.15, 0.2) is 0 Å². The van der Waals surface area contributed by atoms with Crippen LogP contribution in [0.2, 0.25) is 5.02 Å². The molecule has 0 spiro atoms. The van der Waals surface area contributed by atoms with Crippen LogP contribution < -0.4 is 4.72 Å². The van der Waals surface area contributed by atoms with Gasteiger partial charge in [-0.05, 0) is 48.4 Å². The van der Waals surface area contributed by atoms with Gasteiger partial charge in [-0.25, -0.2) is 13.1 Å². The molecule has 2 N–H and O–H groups in total. The average Bonchev–Trinajstić information content (AvgIpc) is 2.95. The number of halogens is 1. The predicted molar refractivity (Wildman–Crippen MR) is 83.8 cm³/mol. The molecule has 118 valence electrons. The van der Waals surface area contributed by atoms with Crippen molar-refractivity contribution >= 4 is 21.6 Å². The van der Waals surface area contributed by atoms with Crippen LogP contribution in [0.25, 0.3) is 0 Å². The summed E-state index contributed by atoms with van der Waals surface area (Å²) in [5.74, 6) is 0. The molecule has 0 radical (unpaired) electrons. The number of hydrogen-bond donors (Lipinski definition) is 2. The Morgan fingerprint density at radius 2 is 2.00 bits per heavy atom. The van der Waals surface area contributed by atoms with Crippen molar-refractivity contribution in [3.63, 3.8) is 0 Å². The Hall–Kier alpha value is -0.620. The van der Waals surface area contributed by atoms with Crippen molar-refractivity contribution in [2.24, 2.45) is 5.41 Å². The number of nitrogens with one attached hydrogen (secondary N) is 1. The minimum absolute atomic E-state index is 0.0965. The molecule has 1 aliphatic carbocycles. The second-order valence-corrected chi connectivity index (χ2v) is 7.97. The van der Waals surface area contributed by atoms with E-state index in [1.54, 1.807) is 0 Å². The van der Waals surface area contributed by atoms with Gasteiger partial charge in [-0.1, -0.05) is 31.4 Å². The Bertz CT molecular complexity index is 595. The minimum atomic E-state index is -3.57. The molecule has 21 heavy (non-hydrogen) atoms. The van der Waals surface area contributed by atoms with Crippen molar-refractivity contribution in [3.8, 4) is 0 Å². The maximum Gasteiger partial charge on any atom is 0.240 e. The number of hydrogen-bond acceptors (Lipinski definition) is 3. The molecule has 1 saturated carbocycles. The smallest absolute Gasteiger partial charge is 0.240 e. The lowest BCUT2D eigenvalue weighted by Crippen LogP contribution is -2.35. The second kappa shape index (κ2) is 6.65. The van der Waals surface area contributed by atoms with Gasteiger partial charge < -0.3 is 5.11 Å². The molecule has 0 unspecified atom stereocenters. The molecule has 0 atom stereocenters. The van der Waals surface area contributed by atoms with Crippen molar-refractivity contribution in [3.05, 3.63) is 28.8 Å². The summed E-state index contributed by atoms with van der Waals surface area (Å²) < 4.78 is 27.5. The predicted octanol–water partition coefficient (Wildman–Crippen LogP) is 3.08. The van der Waals surface area contributed by atoms with E-state index in [9.17, 15) is 13.5 Å². The quantitative estimate of drug-likeness (QED) is 0.841. The van der Waals surface area contributed by atoms with Crippen molar-refractivity contribution < 1.29 is 13.5 Å². The van der Waals surface area contributed by atoms with Crippen LogP contribution in [0.5, 0.6) is 0 Å². The van der Waals surface area contributed by atoms with E-state index >= 15 is 0 Å². The lowest BCUT2D eigenvalue weighted by atomic mass is 9.84. The highest BCUT2D eigenvalue weighted by Gasteiger charge is 2.33. The number of aliphatic hydroxyl groups excluding tert-OH is 1. The first-order valence-electron chi connectivity index (χ1n) is 7.31. The van der Waals surface area contributed by atoms with Crippen LogP contribution in [0.1, 0.15) is 44.6 Å². The third-order valence-electron chi connectivity index (χ3n) is 4.55. The second-order valence-electron chi connectivity index (χ2n) is 5.80. The lowest BCUT2D eigenvalue weighted by Gasteiger charge is -2.27. The Morgan fingerprint density at radius 3 is 2.57 bits per heavy atom. The zero-order valence-electron chi connectivity index (χ0n) is 12.2. The molecule has 2 rings (SSSR count). The Kier molecular flexibility index (Phi) is 5.30. The molecular formula is C15H22ClNO3S. The monoisotopic (exact) mass is 331 g/mol. The van der Waals surface area contributed by atoms with Crippen LogP contribution >= 0.6 is 11.6 Å². The van der Waals surface area contributed by atoms with E-state index in [0.29, 0.717) is 17.1 Å². The van der Waals surface area contributed by atoms with Gasteiger partial charge in [0.25, 0.3) is 0 Å². The fourth-order valence-corrected chi connectivity index (χ4v) is 4.34. The molecule has 0 amide bonds. The third kappa shape index (κ3) is 3.77. The summed E-state index contributed by atoms with van der Waals surface area (Å²) in [5, 5.41) is 9.56. The molecule has 4 nitrogen and oxygen atoms in total. The SMILES string of the molecule is CCC1(CNS(=O)(=O)c2ccc(Cl)c(CO)c2)CCCC1. The molecule has 0 heterocycles. The van der Waals surface area contributed by atoms with E-state index in [1.165, 1.54) is 31.0 Å². The van der Waals surface area contributed by atoms with Gasteiger partial charge in [-0.3, -0.25) is 0 Å². The maximum atomic E-state index is 12.4. The Morgan fingerprint density at radius 1 is 1.33 bits per heavy atom. The van der Waals surface area contributed by atoms with Crippen LogP contribution in [0.3, 0.4) is 0 Å². The maximum absolute atomic E-state index is 12.4. The van der Waals surface area contributed by atoms with Crippen LogP contribution in [0.4, 0.5) is 0 Å². The van der Waals surface area contributed by atoms with Crippen LogP contribution in [-0.4, -0.2) is 20.1 Å². The molecule has 0 aromatic heterocycles. The van der Waals surface area contributed by atoms with Crippen molar-refractivity contribution in [2.75, 3.05) is 6.54 Å². The van der Waals surface area contributed by atoms with E-state index in [2.05, 4.69) is 11.6 Å². The fraction of sp³-hybridized carbons (Fsp3) is 0.600. The number of aliphatic hydroxyl groups is 1. The summed E-state index contributed by atoms with van der Waals surface area (Å²) in [6.07, 6.45) is 5.48. The molecule has 6 heteroatoms. The minimum Gasteiger partial charge on any atom is -0.392 e. The first kappa shape index (κ1) is 16.7. The summed E-state index contributed by atoms with van der Waals surface area (Å²) in [6, 6.07) is 4.40. The van der Waals surface area contributed by atoms with Crippen molar-refractivity contribution in [1.29, 1.82) is 0 Å². The highest BCUT2D eigenvalue weighted by molar-refractivity contribution is 7.89. The molecule has 0 aliphatic heterocycles. The van der Waals surface area contributed by atoms with E-state index in [1.807, 2.05) is 0 Å². The van der Waals surface area contributed by atoms with Gasteiger partial charge in [0.2, 0.25) is 10.0 Å². The van der Waals surface area contributed by atoms with Crippen LogP contribution in [0, 0.1) is 5.41 Å². The van der Waals surface area contributed by atoms with Gasteiger partial charge in [-0.15, -0.1) is 0 Å². The number of rotatable bonds is 6. The molecule has 1 aromatic rings. The van der Waals surface area contributed by atoms with Gasteiger partial charge in [0, 0.05) is 11.6 Å². The zero-order chi connectivity index (χ0) is 15.5. The highest BCUT2D eigenvalue weighted by Crippen LogP contribution is 2.40. The summed E-state index contributed by atoms with van der Waals surface area (Å²) in [5.41, 5.74) is 0.518. The Labute approximate surface area is 131 Å². The molecule has 1 aromatic carbocycles. The topological polar surface area (TPSA) is 66.4 Å².